The molecule has 0 fully saturated rings. The van der Waals surface area contributed by atoms with Gasteiger partial charge < -0.3 is 4.74 Å². The summed E-state index contributed by atoms with van der Waals surface area (Å²) >= 11 is 0. The fraction of sp³-hybridized carbons (Fsp3) is 0.632. The molecule has 0 aliphatic rings. The van der Waals surface area contributed by atoms with Crippen LogP contribution in [0.2, 0.25) is 0 Å². The van der Waals surface area contributed by atoms with Gasteiger partial charge in [0.2, 0.25) is 0 Å². The second-order valence-corrected chi connectivity index (χ2v) is 7.82. The Labute approximate surface area is 192 Å². The molecule has 1 unspecified atom stereocenters. The van der Waals surface area contributed by atoms with Crippen molar-refractivity contribution in [3.8, 4) is 0 Å². The third-order valence-electron chi connectivity index (χ3n) is 5.28. The quantitative estimate of drug-likeness (QED) is 0.219. The molecular formula is C19H15F15O2. The minimum Gasteiger partial charge on any atom is -0.374 e. The van der Waals surface area contributed by atoms with Crippen LogP contribution >= 0.6 is 0 Å². The molecule has 0 saturated carbocycles. The van der Waals surface area contributed by atoms with E-state index in [1.807, 2.05) is 0 Å². The zero-order valence-corrected chi connectivity index (χ0v) is 18.0. The maximum absolute atomic E-state index is 14.4. The van der Waals surface area contributed by atoms with Gasteiger partial charge in [0.1, 0.15) is 0 Å². The molecule has 0 aromatic heterocycles. The van der Waals surface area contributed by atoms with E-state index in [4.69, 9.17) is 0 Å². The second kappa shape index (κ2) is 8.97. The van der Waals surface area contributed by atoms with Gasteiger partial charge in [0.15, 0.2) is 5.78 Å². The summed E-state index contributed by atoms with van der Waals surface area (Å²) in [6.07, 6.45) is -10.4. The highest BCUT2D eigenvalue weighted by atomic mass is 19.4. The van der Waals surface area contributed by atoms with Crippen LogP contribution in [0.1, 0.15) is 36.2 Å². The van der Waals surface area contributed by atoms with Crippen LogP contribution in [-0.4, -0.2) is 54.6 Å². The first-order chi connectivity index (χ1) is 15.7. The van der Waals surface area contributed by atoms with Gasteiger partial charge in [-0.15, -0.1) is 0 Å². The van der Waals surface area contributed by atoms with Gasteiger partial charge >= 0.3 is 41.7 Å². The Morgan fingerprint density at radius 3 is 1.53 bits per heavy atom. The number of carbonyl (C=O) groups is 1. The predicted molar refractivity (Wildman–Crippen MR) is 91.2 cm³/mol. The molecule has 1 rings (SSSR count). The van der Waals surface area contributed by atoms with Crippen molar-refractivity contribution in [1.82, 2.24) is 0 Å². The number of benzene rings is 1. The fourth-order valence-electron chi connectivity index (χ4n) is 2.89. The summed E-state index contributed by atoms with van der Waals surface area (Å²) in [6.45, 7) is 1.48. The molecule has 0 N–H and O–H groups in total. The molecule has 2 nitrogen and oxygen atoms in total. The molecule has 0 heterocycles. The van der Waals surface area contributed by atoms with Crippen LogP contribution < -0.4 is 0 Å². The second-order valence-electron chi connectivity index (χ2n) is 7.82. The highest BCUT2D eigenvalue weighted by Crippen LogP contribution is 2.63. The first-order valence-corrected chi connectivity index (χ1v) is 9.18. The van der Waals surface area contributed by atoms with Gasteiger partial charge in [-0.25, -0.2) is 0 Å². The van der Waals surface area contributed by atoms with Crippen molar-refractivity contribution in [2.75, 3.05) is 7.11 Å². The standard InChI is InChI=1S/C19H15F15O2/c1-9(35)10-5-4-6-11(7-10)12(2,36-3)8-13(20,21)14(22,23)15(24,25)16(26,27)17(28,29)18(30,31)19(32,33)34/h4-7H,8H2,1-3H3. The number of alkyl halides is 15. The number of hydrogen-bond donors (Lipinski definition) is 0. The molecule has 36 heavy (non-hydrogen) atoms. The van der Waals surface area contributed by atoms with Gasteiger partial charge in [0.05, 0.1) is 12.0 Å². The van der Waals surface area contributed by atoms with Crippen LogP contribution in [0, 0.1) is 0 Å². The summed E-state index contributed by atoms with van der Waals surface area (Å²) in [7, 11) is 0.541. The van der Waals surface area contributed by atoms with E-state index < -0.39 is 65.1 Å². The lowest BCUT2D eigenvalue weighted by Crippen LogP contribution is -2.72. The Hall–Kier alpha value is -2.20. The largest absolute Gasteiger partial charge is 0.460 e. The van der Waals surface area contributed by atoms with E-state index in [9.17, 15) is 70.7 Å². The van der Waals surface area contributed by atoms with E-state index >= 15 is 0 Å². The lowest BCUT2D eigenvalue weighted by Gasteiger charge is -2.43. The van der Waals surface area contributed by atoms with Crippen molar-refractivity contribution in [3.05, 3.63) is 35.4 Å². The number of ether oxygens (including phenoxy) is 1. The number of rotatable bonds is 10. The van der Waals surface area contributed by atoms with Crippen LogP contribution in [0.25, 0.3) is 0 Å². The van der Waals surface area contributed by atoms with Gasteiger partial charge in [-0.2, -0.15) is 65.9 Å². The zero-order valence-electron chi connectivity index (χ0n) is 18.0. The minimum atomic E-state index is -8.36. The molecular weight excluding hydrogens is 545 g/mol. The Kier molecular flexibility index (Phi) is 7.93. The van der Waals surface area contributed by atoms with E-state index in [1.54, 1.807) is 0 Å². The number of carbonyl (C=O) groups excluding carboxylic acids is 1. The molecule has 1 atom stereocenters. The number of methoxy groups -OCH3 is 1. The van der Waals surface area contributed by atoms with Crippen molar-refractivity contribution in [2.45, 2.75) is 67.6 Å². The highest BCUT2D eigenvalue weighted by molar-refractivity contribution is 5.94. The van der Waals surface area contributed by atoms with Gasteiger partial charge in [0, 0.05) is 12.7 Å². The monoisotopic (exact) mass is 560 g/mol. The Bertz CT molecular complexity index is 968. The molecule has 208 valence electrons. The van der Waals surface area contributed by atoms with Gasteiger partial charge in [-0.1, -0.05) is 18.2 Å². The predicted octanol–water partition coefficient (Wildman–Crippen LogP) is 7.52. The molecule has 0 radical (unpaired) electrons. The van der Waals surface area contributed by atoms with Gasteiger partial charge in [0.25, 0.3) is 0 Å². The van der Waals surface area contributed by atoms with Crippen LogP contribution in [0.4, 0.5) is 65.9 Å². The first kappa shape index (κ1) is 31.8. The first-order valence-electron chi connectivity index (χ1n) is 9.18. The van der Waals surface area contributed by atoms with Crippen molar-refractivity contribution in [3.63, 3.8) is 0 Å². The molecule has 0 bridgehead atoms. The summed E-state index contributed by atoms with van der Waals surface area (Å²) in [4.78, 5) is 11.4. The van der Waals surface area contributed by atoms with Gasteiger partial charge in [-0.3, -0.25) is 4.79 Å². The van der Waals surface area contributed by atoms with Crippen LogP contribution in [0.15, 0.2) is 24.3 Å². The lowest BCUT2D eigenvalue weighted by molar-refractivity contribution is -0.453. The summed E-state index contributed by atoms with van der Waals surface area (Å²) in [6, 6.07) is 3.67. The molecule has 0 aliphatic heterocycles. The lowest BCUT2D eigenvalue weighted by atomic mass is 9.83. The minimum absolute atomic E-state index is 0.253. The van der Waals surface area contributed by atoms with Crippen molar-refractivity contribution < 1.29 is 75.4 Å². The van der Waals surface area contributed by atoms with E-state index in [1.165, 1.54) is 0 Å². The molecule has 17 heteroatoms. The van der Waals surface area contributed by atoms with E-state index in [0.717, 1.165) is 31.2 Å². The Balaban J connectivity index is 3.63. The summed E-state index contributed by atoms with van der Waals surface area (Å²) < 4.78 is 206. The Morgan fingerprint density at radius 2 is 1.14 bits per heavy atom. The van der Waals surface area contributed by atoms with Crippen LogP contribution in [0.5, 0.6) is 0 Å². The summed E-state index contributed by atoms with van der Waals surface area (Å²) in [5.74, 6) is -47.7. The third kappa shape index (κ3) is 4.62. The Morgan fingerprint density at radius 1 is 0.722 bits per heavy atom. The maximum Gasteiger partial charge on any atom is 0.460 e. The van der Waals surface area contributed by atoms with E-state index in [2.05, 4.69) is 4.74 Å². The SMILES string of the molecule is COC(C)(CC(F)(F)C(F)(F)C(F)(F)C(F)(F)C(F)(F)C(F)(F)C(F)(F)F)c1cccc(C(C)=O)c1. The summed E-state index contributed by atoms with van der Waals surface area (Å²) in [5, 5.41) is 0. The third-order valence-corrected chi connectivity index (χ3v) is 5.28. The molecule has 1 aromatic rings. The molecule has 0 amide bonds. The van der Waals surface area contributed by atoms with E-state index in [-0.39, 0.29) is 5.56 Å². The van der Waals surface area contributed by atoms with Crippen molar-refractivity contribution in [1.29, 1.82) is 0 Å². The van der Waals surface area contributed by atoms with Gasteiger partial charge in [-0.05, 0) is 25.5 Å². The fourth-order valence-corrected chi connectivity index (χ4v) is 2.89. The molecule has 0 saturated heterocycles. The van der Waals surface area contributed by atoms with Crippen molar-refractivity contribution in [2.24, 2.45) is 0 Å². The van der Waals surface area contributed by atoms with E-state index in [0.29, 0.717) is 14.0 Å². The maximum atomic E-state index is 14.4. The summed E-state index contributed by atoms with van der Waals surface area (Å²) in [5.41, 5.74) is -3.68. The number of hydrogen-bond acceptors (Lipinski definition) is 2. The number of ketones is 1. The van der Waals surface area contributed by atoms with Crippen molar-refractivity contribution >= 4 is 5.78 Å². The zero-order chi connectivity index (χ0) is 29.0. The highest BCUT2D eigenvalue weighted by Gasteiger charge is 2.93. The van der Waals surface area contributed by atoms with Crippen LogP contribution in [0.3, 0.4) is 0 Å². The molecule has 0 spiro atoms. The topological polar surface area (TPSA) is 26.3 Å². The number of Topliss-reactive ketones (excluding diaryl/α,β-unsaturated/α-hetero) is 1. The number of halogens is 15. The van der Waals surface area contributed by atoms with Crippen LogP contribution in [-0.2, 0) is 10.3 Å². The molecule has 0 aliphatic carbocycles. The normalized spacial score (nSPS) is 16.6. The average molecular weight is 560 g/mol. The smallest absolute Gasteiger partial charge is 0.374 e. The average Bonchev–Trinajstić information content (AvgIpc) is 2.71. The molecule has 1 aromatic carbocycles.